The van der Waals surface area contributed by atoms with E-state index in [0.29, 0.717) is 11.8 Å². The summed E-state index contributed by atoms with van der Waals surface area (Å²) in [6.45, 7) is 6.50. The Kier molecular flexibility index (Phi) is 5.71. The van der Waals surface area contributed by atoms with Crippen molar-refractivity contribution in [2.75, 3.05) is 0 Å². The molecule has 2 N–H and O–H groups in total. The van der Waals surface area contributed by atoms with Gasteiger partial charge in [0.2, 0.25) is 0 Å². The fraction of sp³-hybridized carbons (Fsp3) is 0.900. The monoisotopic (exact) mass is 187 g/mol. The molecule has 0 aliphatic rings. The molecule has 13 heavy (non-hydrogen) atoms. The molecule has 0 bridgehead atoms. The first kappa shape index (κ1) is 12.4. The third-order valence-corrected chi connectivity index (χ3v) is 3.24. The molecule has 0 radical (unpaired) electrons. The van der Waals surface area contributed by atoms with E-state index in [2.05, 4.69) is 25.6 Å². The maximum absolute atomic E-state index is 10.9. The minimum atomic E-state index is -0.306. The average Bonchev–Trinajstić information content (AvgIpc) is 2.20. The fourth-order valence-corrected chi connectivity index (χ4v) is 1.71. The van der Waals surface area contributed by atoms with Crippen molar-refractivity contribution in [3.8, 4) is 0 Å². The molecule has 0 amide bonds. The summed E-state index contributed by atoms with van der Waals surface area (Å²) in [5.41, 5.74) is 0.300. The number of carbonyl (C=O) groups excluding carboxylic acids is 1. The van der Waals surface area contributed by atoms with Crippen molar-refractivity contribution < 1.29 is 9.63 Å². The number of hydrogen-bond acceptors (Lipinski definition) is 3. The van der Waals surface area contributed by atoms with Gasteiger partial charge in [0.1, 0.15) is 0 Å². The molecule has 78 valence electrons. The molecule has 3 nitrogen and oxygen atoms in total. The number of nitrogens with two attached hydrogens (primary N) is 1. The van der Waals surface area contributed by atoms with Crippen LogP contribution in [0.1, 0.15) is 52.9 Å². The van der Waals surface area contributed by atoms with Crippen LogP contribution in [0.25, 0.3) is 0 Å². The molecular weight excluding hydrogens is 166 g/mol. The molecule has 3 heteroatoms. The SMILES string of the molecule is CCC(CC)(CC)CCC(=O)ON. The van der Waals surface area contributed by atoms with Gasteiger partial charge >= 0.3 is 5.97 Å². The Balaban J connectivity index is 4.02. The van der Waals surface area contributed by atoms with Gasteiger partial charge in [-0.15, -0.1) is 0 Å². The Bertz CT molecular complexity index is 145. The highest BCUT2D eigenvalue weighted by molar-refractivity contribution is 5.68. The first-order valence-corrected chi connectivity index (χ1v) is 5.03. The summed E-state index contributed by atoms with van der Waals surface area (Å²) in [6, 6.07) is 0. The van der Waals surface area contributed by atoms with E-state index in [4.69, 9.17) is 5.90 Å². The third kappa shape index (κ3) is 3.77. The van der Waals surface area contributed by atoms with E-state index in [1.54, 1.807) is 0 Å². The number of carbonyl (C=O) groups is 1. The van der Waals surface area contributed by atoms with Gasteiger partial charge in [0.25, 0.3) is 0 Å². The molecule has 0 heterocycles. The van der Waals surface area contributed by atoms with Crippen LogP contribution in [0.2, 0.25) is 0 Å². The lowest BCUT2D eigenvalue weighted by Gasteiger charge is -2.29. The standard InChI is InChI=1S/C10H21NO2/c1-4-10(5-2,6-3)8-7-9(12)13-11/h4-8,11H2,1-3H3. The summed E-state index contributed by atoms with van der Waals surface area (Å²) < 4.78 is 0. The second-order valence-corrected chi connectivity index (χ2v) is 3.55. The van der Waals surface area contributed by atoms with Crippen molar-refractivity contribution in [3.63, 3.8) is 0 Å². The van der Waals surface area contributed by atoms with Gasteiger partial charge in [0.15, 0.2) is 0 Å². The Hall–Kier alpha value is -0.570. The fourth-order valence-electron chi connectivity index (χ4n) is 1.71. The minimum Gasteiger partial charge on any atom is -0.373 e. The van der Waals surface area contributed by atoms with Crippen LogP contribution < -0.4 is 5.90 Å². The Morgan fingerprint density at radius 1 is 1.23 bits per heavy atom. The molecule has 0 saturated heterocycles. The summed E-state index contributed by atoms with van der Waals surface area (Å²) >= 11 is 0. The zero-order valence-electron chi connectivity index (χ0n) is 8.93. The molecule has 0 spiro atoms. The van der Waals surface area contributed by atoms with Gasteiger partial charge < -0.3 is 4.84 Å². The topological polar surface area (TPSA) is 52.3 Å². The van der Waals surface area contributed by atoms with Gasteiger partial charge in [-0.25, -0.2) is 0 Å². The lowest BCUT2D eigenvalue weighted by Crippen LogP contribution is -2.20. The van der Waals surface area contributed by atoms with Crippen LogP contribution in [0.3, 0.4) is 0 Å². The summed E-state index contributed by atoms with van der Waals surface area (Å²) in [7, 11) is 0. The second-order valence-electron chi connectivity index (χ2n) is 3.55. The normalized spacial score (nSPS) is 11.4. The van der Waals surface area contributed by atoms with Gasteiger partial charge in [-0.1, -0.05) is 40.0 Å². The molecule has 0 saturated carbocycles. The molecule has 0 fully saturated rings. The summed E-state index contributed by atoms with van der Waals surface area (Å²) in [5, 5.41) is 0. The average molecular weight is 187 g/mol. The molecule has 0 aromatic carbocycles. The van der Waals surface area contributed by atoms with Crippen LogP contribution in [0, 0.1) is 5.41 Å². The van der Waals surface area contributed by atoms with Crippen molar-refractivity contribution in [1.82, 2.24) is 0 Å². The van der Waals surface area contributed by atoms with Crippen LogP contribution in [0.15, 0.2) is 0 Å². The summed E-state index contributed by atoms with van der Waals surface area (Å²) in [4.78, 5) is 15.0. The minimum absolute atomic E-state index is 0.300. The highest BCUT2D eigenvalue weighted by Crippen LogP contribution is 2.35. The maximum atomic E-state index is 10.9. The lowest BCUT2D eigenvalue weighted by atomic mass is 9.76. The second kappa shape index (κ2) is 5.97. The molecule has 0 unspecified atom stereocenters. The Morgan fingerprint density at radius 2 is 1.69 bits per heavy atom. The quantitative estimate of drug-likeness (QED) is 0.649. The van der Waals surface area contributed by atoms with Gasteiger partial charge in [0, 0.05) is 6.42 Å². The van der Waals surface area contributed by atoms with Crippen LogP contribution in [-0.4, -0.2) is 5.97 Å². The Labute approximate surface area is 80.6 Å². The van der Waals surface area contributed by atoms with Crippen molar-refractivity contribution >= 4 is 5.97 Å². The van der Waals surface area contributed by atoms with Crippen LogP contribution >= 0.6 is 0 Å². The molecule has 0 aromatic rings. The predicted molar refractivity (Wildman–Crippen MR) is 52.8 cm³/mol. The van der Waals surface area contributed by atoms with E-state index in [9.17, 15) is 4.79 Å². The van der Waals surface area contributed by atoms with E-state index in [0.717, 1.165) is 25.7 Å². The van der Waals surface area contributed by atoms with Crippen LogP contribution in [0.4, 0.5) is 0 Å². The van der Waals surface area contributed by atoms with Gasteiger partial charge in [-0.05, 0) is 11.8 Å². The third-order valence-electron chi connectivity index (χ3n) is 3.24. The van der Waals surface area contributed by atoms with Crippen molar-refractivity contribution in [1.29, 1.82) is 0 Å². The molecule has 0 rings (SSSR count). The van der Waals surface area contributed by atoms with Crippen LogP contribution in [-0.2, 0) is 9.63 Å². The first-order valence-electron chi connectivity index (χ1n) is 5.03. The number of rotatable bonds is 6. The largest absolute Gasteiger partial charge is 0.373 e. The number of hydrogen-bond donors (Lipinski definition) is 1. The van der Waals surface area contributed by atoms with Gasteiger partial charge in [-0.2, -0.15) is 5.90 Å². The predicted octanol–water partition coefficient (Wildman–Crippen LogP) is 2.40. The van der Waals surface area contributed by atoms with Gasteiger partial charge in [0.05, 0.1) is 0 Å². The van der Waals surface area contributed by atoms with Crippen molar-refractivity contribution in [2.45, 2.75) is 52.9 Å². The Morgan fingerprint density at radius 3 is 2.00 bits per heavy atom. The maximum Gasteiger partial charge on any atom is 0.324 e. The van der Waals surface area contributed by atoms with Crippen molar-refractivity contribution in [3.05, 3.63) is 0 Å². The lowest BCUT2D eigenvalue weighted by molar-refractivity contribution is -0.145. The van der Waals surface area contributed by atoms with Gasteiger partial charge in [-0.3, -0.25) is 4.79 Å². The van der Waals surface area contributed by atoms with Crippen LogP contribution in [0.5, 0.6) is 0 Å². The highest BCUT2D eigenvalue weighted by atomic mass is 16.7. The molecule has 0 aliphatic carbocycles. The van der Waals surface area contributed by atoms with Crippen molar-refractivity contribution in [2.24, 2.45) is 11.3 Å². The van der Waals surface area contributed by atoms with E-state index in [1.807, 2.05) is 0 Å². The molecule has 0 aliphatic heterocycles. The summed E-state index contributed by atoms with van der Waals surface area (Å²) in [5.74, 6) is 4.47. The molecule has 0 aromatic heterocycles. The van der Waals surface area contributed by atoms with E-state index in [-0.39, 0.29) is 5.97 Å². The zero-order valence-corrected chi connectivity index (χ0v) is 8.93. The first-order chi connectivity index (χ1) is 6.14. The van der Waals surface area contributed by atoms with E-state index >= 15 is 0 Å². The molecular formula is C10H21NO2. The summed E-state index contributed by atoms with van der Waals surface area (Å²) in [6.07, 6.45) is 4.64. The highest BCUT2D eigenvalue weighted by Gasteiger charge is 2.24. The molecule has 0 atom stereocenters. The smallest absolute Gasteiger partial charge is 0.324 e. The van der Waals surface area contributed by atoms with E-state index < -0.39 is 0 Å². The zero-order chi connectivity index (χ0) is 10.3. The van der Waals surface area contributed by atoms with E-state index in [1.165, 1.54) is 0 Å².